The van der Waals surface area contributed by atoms with E-state index >= 15 is 0 Å². The summed E-state index contributed by atoms with van der Waals surface area (Å²) in [4.78, 5) is 12.0. The lowest BCUT2D eigenvalue weighted by Crippen LogP contribution is -2.26. The van der Waals surface area contributed by atoms with Gasteiger partial charge >= 0.3 is 5.97 Å². The molecule has 0 aromatic heterocycles. The normalized spacial score (nSPS) is 13.2. The molecule has 4 heteroatoms. The van der Waals surface area contributed by atoms with Crippen LogP contribution in [0.1, 0.15) is 155 Å². The SMILES string of the molecule is CCCCCCCCCC=CC=CC=CC=C/C=C/C=C\C(=O)OC(CO)COCCCCCCCCCCCCCCCC. The Morgan fingerprint density at radius 1 is 0.533 bits per heavy atom. The molecule has 0 spiro atoms. The van der Waals surface area contributed by atoms with Crippen LogP contribution in [0.3, 0.4) is 0 Å². The first-order valence-electron chi connectivity index (χ1n) is 18.6. The first kappa shape index (κ1) is 42.8. The van der Waals surface area contributed by atoms with Crippen molar-refractivity contribution in [1.82, 2.24) is 0 Å². The highest BCUT2D eigenvalue weighted by atomic mass is 16.6. The molecule has 0 aliphatic carbocycles. The van der Waals surface area contributed by atoms with Crippen LogP contribution in [-0.4, -0.2) is 37.0 Å². The summed E-state index contributed by atoms with van der Waals surface area (Å²) in [6, 6.07) is 0. The van der Waals surface area contributed by atoms with E-state index in [1.165, 1.54) is 128 Å². The number of esters is 1. The van der Waals surface area contributed by atoms with E-state index in [4.69, 9.17) is 9.47 Å². The van der Waals surface area contributed by atoms with Crippen molar-refractivity contribution < 1.29 is 19.4 Å². The minimum atomic E-state index is -0.633. The van der Waals surface area contributed by atoms with E-state index in [0.717, 1.165) is 19.3 Å². The molecule has 0 aromatic carbocycles. The molecule has 0 amide bonds. The highest BCUT2D eigenvalue weighted by Gasteiger charge is 2.11. The third kappa shape index (κ3) is 36.2. The van der Waals surface area contributed by atoms with Gasteiger partial charge in [0.25, 0.3) is 0 Å². The topological polar surface area (TPSA) is 55.8 Å². The number of allylic oxidation sites excluding steroid dienone is 11. The Morgan fingerprint density at radius 3 is 1.40 bits per heavy atom. The number of rotatable bonds is 33. The van der Waals surface area contributed by atoms with Crippen molar-refractivity contribution in [2.24, 2.45) is 0 Å². The molecule has 0 fully saturated rings. The maximum Gasteiger partial charge on any atom is 0.331 e. The van der Waals surface area contributed by atoms with Crippen LogP contribution in [0.15, 0.2) is 72.9 Å². The maximum absolute atomic E-state index is 12.0. The zero-order valence-electron chi connectivity index (χ0n) is 29.4. The average molecular weight is 627 g/mol. The number of aliphatic hydroxyl groups is 1. The minimum Gasteiger partial charge on any atom is -0.454 e. The smallest absolute Gasteiger partial charge is 0.331 e. The van der Waals surface area contributed by atoms with Gasteiger partial charge in [0.15, 0.2) is 0 Å². The van der Waals surface area contributed by atoms with E-state index in [9.17, 15) is 9.90 Å². The molecular weight excluding hydrogens is 556 g/mol. The number of aliphatic hydroxyl groups excluding tert-OH is 1. The Labute approximate surface area is 278 Å². The van der Waals surface area contributed by atoms with Crippen molar-refractivity contribution in [3.63, 3.8) is 0 Å². The third-order valence-electron chi connectivity index (χ3n) is 7.78. The molecule has 258 valence electrons. The fourth-order valence-corrected chi connectivity index (χ4v) is 4.98. The fourth-order valence-electron chi connectivity index (χ4n) is 4.98. The molecule has 45 heavy (non-hydrogen) atoms. The second-order valence-corrected chi connectivity index (χ2v) is 12.1. The van der Waals surface area contributed by atoms with Gasteiger partial charge in [-0.2, -0.15) is 0 Å². The molecule has 1 N–H and O–H groups in total. The Balaban J connectivity index is 3.73. The standard InChI is InChI=1S/C41H70O4/c1-3-5-7-9-11-13-15-17-19-20-21-22-23-24-26-28-30-32-34-36-41(43)45-40(38-42)39-44-37-35-33-31-29-27-25-18-16-14-12-10-8-6-4-2/h19-24,26,28,30,32,34,36,40,42H,3-18,25,27,29,31,33,35,37-39H2,1-2H3/b20-19?,22-21?,24-23?,28-26?,32-30+,36-34-. The summed E-state index contributed by atoms with van der Waals surface area (Å²) < 4.78 is 10.9. The van der Waals surface area contributed by atoms with Crippen molar-refractivity contribution in [1.29, 1.82) is 0 Å². The first-order valence-corrected chi connectivity index (χ1v) is 18.6. The summed E-state index contributed by atoms with van der Waals surface area (Å²) in [7, 11) is 0. The van der Waals surface area contributed by atoms with Gasteiger partial charge in [-0.25, -0.2) is 4.79 Å². The number of carbonyl (C=O) groups excluding carboxylic acids is 1. The zero-order chi connectivity index (χ0) is 32.7. The van der Waals surface area contributed by atoms with Gasteiger partial charge < -0.3 is 14.6 Å². The summed E-state index contributed by atoms with van der Waals surface area (Å²) >= 11 is 0. The molecule has 0 saturated carbocycles. The molecular formula is C41H70O4. The van der Waals surface area contributed by atoms with Gasteiger partial charge in [-0.1, -0.05) is 203 Å². The van der Waals surface area contributed by atoms with Gasteiger partial charge in [0.05, 0.1) is 13.2 Å². The summed E-state index contributed by atoms with van der Waals surface area (Å²) in [6.45, 7) is 5.15. The van der Waals surface area contributed by atoms with E-state index < -0.39 is 12.1 Å². The molecule has 1 atom stereocenters. The lowest BCUT2D eigenvalue weighted by molar-refractivity contribution is -0.148. The highest BCUT2D eigenvalue weighted by Crippen LogP contribution is 2.13. The number of unbranched alkanes of at least 4 members (excludes halogenated alkanes) is 20. The fraction of sp³-hybridized carbons (Fsp3) is 0.683. The number of carbonyl (C=O) groups is 1. The lowest BCUT2D eigenvalue weighted by atomic mass is 10.0. The van der Waals surface area contributed by atoms with Crippen molar-refractivity contribution in [3.05, 3.63) is 72.9 Å². The second-order valence-electron chi connectivity index (χ2n) is 12.1. The molecule has 0 aliphatic heterocycles. The molecule has 1 unspecified atom stereocenters. The Bertz CT molecular complexity index is 789. The monoisotopic (exact) mass is 627 g/mol. The number of ether oxygens (including phenoxy) is 2. The van der Waals surface area contributed by atoms with Crippen molar-refractivity contribution in [2.45, 2.75) is 161 Å². The van der Waals surface area contributed by atoms with E-state index in [1.54, 1.807) is 12.2 Å². The predicted molar refractivity (Wildman–Crippen MR) is 196 cm³/mol. The molecule has 4 nitrogen and oxygen atoms in total. The quantitative estimate of drug-likeness (QED) is 0.0341. The zero-order valence-corrected chi connectivity index (χ0v) is 29.4. The first-order chi connectivity index (χ1) is 22.2. The summed E-state index contributed by atoms with van der Waals surface area (Å²) in [5.41, 5.74) is 0. The highest BCUT2D eigenvalue weighted by molar-refractivity contribution is 5.82. The minimum absolute atomic E-state index is 0.225. The maximum atomic E-state index is 12.0. The van der Waals surface area contributed by atoms with Crippen LogP contribution in [0.2, 0.25) is 0 Å². The van der Waals surface area contributed by atoms with Crippen LogP contribution in [0, 0.1) is 0 Å². The number of hydrogen-bond donors (Lipinski definition) is 1. The van der Waals surface area contributed by atoms with E-state index in [1.807, 2.05) is 36.5 Å². The van der Waals surface area contributed by atoms with Gasteiger partial charge in [-0.05, 0) is 19.3 Å². The summed E-state index contributed by atoms with van der Waals surface area (Å²) in [5.74, 6) is -0.479. The molecule has 0 radical (unpaired) electrons. The van der Waals surface area contributed by atoms with Gasteiger partial charge in [0.2, 0.25) is 0 Å². The van der Waals surface area contributed by atoms with Crippen LogP contribution in [0.5, 0.6) is 0 Å². The van der Waals surface area contributed by atoms with Crippen LogP contribution in [0.25, 0.3) is 0 Å². The van der Waals surface area contributed by atoms with E-state index in [0.29, 0.717) is 6.61 Å². The van der Waals surface area contributed by atoms with Gasteiger partial charge in [0.1, 0.15) is 6.10 Å². The second kappa shape index (κ2) is 38.0. The average Bonchev–Trinajstić information content (AvgIpc) is 3.05. The van der Waals surface area contributed by atoms with Crippen LogP contribution >= 0.6 is 0 Å². The molecule has 0 aromatic rings. The van der Waals surface area contributed by atoms with E-state index in [2.05, 4.69) is 32.1 Å². The Hall–Kier alpha value is -2.17. The van der Waals surface area contributed by atoms with Crippen LogP contribution in [0.4, 0.5) is 0 Å². The summed E-state index contributed by atoms with van der Waals surface area (Å²) in [6.07, 6.45) is 51.4. The van der Waals surface area contributed by atoms with Crippen molar-refractivity contribution in [2.75, 3.05) is 19.8 Å². The predicted octanol–water partition coefficient (Wildman–Crippen LogP) is 11.9. The van der Waals surface area contributed by atoms with Gasteiger partial charge in [-0.15, -0.1) is 0 Å². The van der Waals surface area contributed by atoms with Gasteiger partial charge in [-0.3, -0.25) is 0 Å². The van der Waals surface area contributed by atoms with E-state index in [-0.39, 0.29) is 13.2 Å². The summed E-state index contributed by atoms with van der Waals surface area (Å²) in [5, 5.41) is 9.52. The third-order valence-corrected chi connectivity index (χ3v) is 7.78. The Kier molecular flexibility index (Phi) is 36.2. The van der Waals surface area contributed by atoms with Crippen molar-refractivity contribution >= 4 is 5.97 Å². The Morgan fingerprint density at radius 2 is 0.933 bits per heavy atom. The van der Waals surface area contributed by atoms with Crippen LogP contribution in [-0.2, 0) is 14.3 Å². The molecule has 0 heterocycles. The molecule has 0 bridgehead atoms. The largest absolute Gasteiger partial charge is 0.454 e. The molecule has 0 aliphatic rings. The molecule has 0 rings (SSSR count). The van der Waals surface area contributed by atoms with Crippen molar-refractivity contribution in [3.8, 4) is 0 Å². The lowest BCUT2D eigenvalue weighted by Gasteiger charge is -2.14. The van der Waals surface area contributed by atoms with Gasteiger partial charge in [0, 0.05) is 12.7 Å². The molecule has 0 saturated heterocycles. The number of hydrogen-bond acceptors (Lipinski definition) is 4. The van der Waals surface area contributed by atoms with Crippen LogP contribution < -0.4 is 0 Å².